The van der Waals surface area contributed by atoms with Crippen molar-refractivity contribution in [2.24, 2.45) is 5.92 Å². The van der Waals surface area contributed by atoms with E-state index in [0.717, 1.165) is 6.42 Å². The molecule has 0 spiro atoms. The van der Waals surface area contributed by atoms with Gasteiger partial charge < -0.3 is 0 Å². The lowest BCUT2D eigenvalue weighted by atomic mass is 9.77. The first-order chi connectivity index (χ1) is 21.3. The number of hydrogen-bond donors (Lipinski definition) is 0. The molecule has 0 fully saturated rings. The normalized spacial score (nSPS) is 15.8. The van der Waals surface area contributed by atoms with Crippen molar-refractivity contribution in [3.05, 3.63) is 162 Å². The zero-order valence-corrected chi connectivity index (χ0v) is 24.4. The Kier molecular flexibility index (Phi) is 5.61. The van der Waals surface area contributed by atoms with Crippen molar-refractivity contribution in [3.63, 3.8) is 0 Å². The van der Waals surface area contributed by atoms with Crippen LogP contribution in [0.1, 0.15) is 23.1 Å². The van der Waals surface area contributed by atoms with Crippen LogP contribution in [0.25, 0.3) is 70.4 Å². The minimum atomic E-state index is 0.431. The predicted molar refractivity (Wildman–Crippen MR) is 187 cm³/mol. The Balaban J connectivity index is 1.10. The van der Waals surface area contributed by atoms with Gasteiger partial charge in [-0.05, 0) is 79.4 Å². The maximum Gasteiger partial charge on any atom is 0.0434 e. The third kappa shape index (κ3) is 4.04. The number of fused-ring (bicyclic) bond motifs is 8. The van der Waals surface area contributed by atoms with E-state index in [1.807, 2.05) is 11.3 Å². The zero-order valence-electron chi connectivity index (χ0n) is 23.6. The zero-order chi connectivity index (χ0) is 28.3. The lowest BCUT2D eigenvalue weighted by Gasteiger charge is -2.27. The average molecular weight is 565 g/mol. The molecule has 202 valence electrons. The Hall–Kier alpha value is -4.98. The molecule has 1 atom stereocenters. The molecule has 43 heavy (non-hydrogen) atoms. The highest BCUT2D eigenvalue weighted by atomic mass is 32.1. The quantitative estimate of drug-likeness (QED) is 0.200. The predicted octanol–water partition coefficient (Wildman–Crippen LogP) is 12.1. The van der Waals surface area contributed by atoms with Gasteiger partial charge in [0.15, 0.2) is 0 Å². The van der Waals surface area contributed by atoms with Crippen LogP contribution in [0.4, 0.5) is 0 Å². The highest BCUT2D eigenvalue weighted by Gasteiger charge is 2.23. The van der Waals surface area contributed by atoms with Crippen molar-refractivity contribution in [2.75, 3.05) is 0 Å². The molecule has 0 N–H and O–H groups in total. The Morgan fingerprint density at radius 3 is 2.14 bits per heavy atom. The van der Waals surface area contributed by atoms with Gasteiger partial charge in [-0.2, -0.15) is 0 Å². The molecule has 0 nitrogen and oxygen atoms in total. The molecule has 0 bridgehead atoms. The van der Waals surface area contributed by atoms with Crippen LogP contribution in [0.3, 0.4) is 0 Å². The summed E-state index contributed by atoms with van der Waals surface area (Å²) in [5.41, 5.74) is 11.9. The molecule has 7 aromatic rings. The molecule has 0 radical (unpaired) electrons. The number of benzene rings is 6. The van der Waals surface area contributed by atoms with E-state index in [2.05, 4.69) is 152 Å². The van der Waals surface area contributed by atoms with Gasteiger partial charge in [0.25, 0.3) is 0 Å². The molecular weight excluding hydrogens is 537 g/mol. The molecule has 0 saturated heterocycles. The van der Waals surface area contributed by atoms with E-state index < -0.39 is 0 Å². The summed E-state index contributed by atoms with van der Waals surface area (Å²) in [7, 11) is 0. The number of allylic oxidation sites excluding steroid dienone is 5. The van der Waals surface area contributed by atoms with Gasteiger partial charge in [0.1, 0.15) is 0 Å². The van der Waals surface area contributed by atoms with Crippen LogP contribution in [0, 0.1) is 5.92 Å². The molecule has 2 aliphatic carbocycles. The standard InChI is InChI=1S/C42H28S/c1-3-14-35-27(8-1)18-19-34-26-32(21-22-36(34)35)30-11-5-10-29(24-30)31-12-6-13-33(25-31)38-16-7-17-39-40-23-20-28-9-2-4-15-37(28)41(40)43-42(38)39/h1-25,34H,26H2. The molecular formula is C42H28S. The molecule has 0 saturated carbocycles. The number of hydrogen-bond acceptors (Lipinski definition) is 1. The largest absolute Gasteiger partial charge is 0.134 e. The maximum absolute atomic E-state index is 2.38. The molecule has 1 unspecified atom stereocenters. The van der Waals surface area contributed by atoms with Crippen LogP contribution in [0.15, 0.2) is 146 Å². The molecule has 6 aromatic carbocycles. The van der Waals surface area contributed by atoms with Gasteiger partial charge in [-0.15, -0.1) is 11.3 Å². The van der Waals surface area contributed by atoms with E-state index in [1.165, 1.54) is 81.0 Å². The van der Waals surface area contributed by atoms with Gasteiger partial charge in [0, 0.05) is 26.1 Å². The SMILES string of the molecule is C1=CC2CC(c3cccc(-c4cccc(-c5cccc6c5sc5c7ccccc7ccc65)c4)c3)=CC=C2c2ccccc21. The smallest absolute Gasteiger partial charge is 0.0434 e. The summed E-state index contributed by atoms with van der Waals surface area (Å²) in [6.45, 7) is 0. The maximum atomic E-state index is 2.38. The summed E-state index contributed by atoms with van der Waals surface area (Å²) in [5, 5.41) is 5.32. The Morgan fingerprint density at radius 1 is 0.512 bits per heavy atom. The summed E-state index contributed by atoms with van der Waals surface area (Å²) >= 11 is 1.92. The molecule has 2 aliphatic rings. The van der Waals surface area contributed by atoms with Crippen molar-refractivity contribution in [2.45, 2.75) is 6.42 Å². The Morgan fingerprint density at radius 2 is 1.21 bits per heavy atom. The third-order valence-corrected chi connectivity index (χ3v) is 10.5. The van der Waals surface area contributed by atoms with Crippen molar-refractivity contribution < 1.29 is 0 Å². The van der Waals surface area contributed by atoms with Crippen molar-refractivity contribution in [1.82, 2.24) is 0 Å². The van der Waals surface area contributed by atoms with Gasteiger partial charge in [-0.3, -0.25) is 0 Å². The summed E-state index contributed by atoms with van der Waals surface area (Å²) < 4.78 is 2.73. The first-order valence-corrected chi connectivity index (χ1v) is 15.8. The molecule has 0 aliphatic heterocycles. The fourth-order valence-corrected chi connectivity index (χ4v) is 8.42. The fourth-order valence-electron chi connectivity index (χ4n) is 7.05. The fraction of sp³-hybridized carbons (Fsp3) is 0.0476. The van der Waals surface area contributed by atoms with Crippen molar-refractivity contribution in [1.29, 1.82) is 0 Å². The molecule has 9 rings (SSSR count). The van der Waals surface area contributed by atoms with Crippen LogP contribution >= 0.6 is 11.3 Å². The molecule has 1 aromatic heterocycles. The van der Waals surface area contributed by atoms with E-state index >= 15 is 0 Å². The van der Waals surface area contributed by atoms with E-state index in [0.29, 0.717) is 5.92 Å². The van der Waals surface area contributed by atoms with Crippen LogP contribution in [-0.2, 0) is 0 Å². The first-order valence-electron chi connectivity index (χ1n) is 15.0. The lowest BCUT2D eigenvalue weighted by molar-refractivity contribution is 0.856. The van der Waals surface area contributed by atoms with E-state index in [4.69, 9.17) is 0 Å². The van der Waals surface area contributed by atoms with Crippen molar-refractivity contribution >= 4 is 59.5 Å². The molecule has 1 heterocycles. The number of rotatable bonds is 3. The summed E-state index contributed by atoms with van der Waals surface area (Å²) in [5.74, 6) is 0.431. The van der Waals surface area contributed by atoms with Gasteiger partial charge in [0.05, 0.1) is 0 Å². The molecule has 1 heteroatoms. The Bertz CT molecular complexity index is 2320. The van der Waals surface area contributed by atoms with E-state index in [1.54, 1.807) is 0 Å². The highest BCUT2D eigenvalue weighted by molar-refractivity contribution is 7.27. The van der Waals surface area contributed by atoms with Gasteiger partial charge in [-0.1, -0.05) is 140 Å². The van der Waals surface area contributed by atoms with Crippen LogP contribution in [-0.4, -0.2) is 0 Å². The van der Waals surface area contributed by atoms with Gasteiger partial charge in [0.2, 0.25) is 0 Å². The van der Waals surface area contributed by atoms with Crippen LogP contribution in [0.5, 0.6) is 0 Å². The first kappa shape index (κ1) is 24.6. The summed E-state index contributed by atoms with van der Waals surface area (Å²) in [6, 6.07) is 47.0. The third-order valence-electron chi connectivity index (χ3n) is 9.21. The molecule has 0 amide bonds. The lowest BCUT2D eigenvalue weighted by Crippen LogP contribution is -2.09. The minimum absolute atomic E-state index is 0.431. The van der Waals surface area contributed by atoms with E-state index in [9.17, 15) is 0 Å². The van der Waals surface area contributed by atoms with E-state index in [-0.39, 0.29) is 0 Å². The Labute approximate surface area is 255 Å². The monoisotopic (exact) mass is 564 g/mol. The summed E-state index contributed by atoms with van der Waals surface area (Å²) in [6.07, 6.45) is 10.4. The topological polar surface area (TPSA) is 0 Å². The minimum Gasteiger partial charge on any atom is -0.134 e. The highest BCUT2D eigenvalue weighted by Crippen LogP contribution is 2.44. The van der Waals surface area contributed by atoms with Gasteiger partial charge in [-0.25, -0.2) is 0 Å². The summed E-state index contributed by atoms with van der Waals surface area (Å²) in [4.78, 5) is 0. The van der Waals surface area contributed by atoms with Crippen LogP contribution < -0.4 is 0 Å². The van der Waals surface area contributed by atoms with Crippen LogP contribution in [0.2, 0.25) is 0 Å². The average Bonchev–Trinajstić information content (AvgIpc) is 3.48. The van der Waals surface area contributed by atoms with Gasteiger partial charge >= 0.3 is 0 Å². The number of thiophene rings is 1. The van der Waals surface area contributed by atoms with Crippen molar-refractivity contribution in [3.8, 4) is 22.3 Å². The second-order valence-corrected chi connectivity index (χ2v) is 12.7. The second-order valence-electron chi connectivity index (χ2n) is 11.7. The second kappa shape index (κ2) is 9.80.